The van der Waals surface area contributed by atoms with Gasteiger partial charge in [0, 0.05) is 18.5 Å². The lowest BCUT2D eigenvalue weighted by Gasteiger charge is -2.22. The van der Waals surface area contributed by atoms with Crippen LogP contribution in [0.15, 0.2) is 0 Å². The number of carbonyl (C=O) groups is 2. The van der Waals surface area contributed by atoms with Gasteiger partial charge in [-0.25, -0.2) is 0 Å². The molecule has 1 amide bonds. The van der Waals surface area contributed by atoms with Gasteiger partial charge in [0.2, 0.25) is 5.91 Å². The summed E-state index contributed by atoms with van der Waals surface area (Å²) in [7, 11) is 0. The number of hydrogen-bond acceptors (Lipinski definition) is 4. The largest absolute Gasteiger partial charge is 0.466 e. The van der Waals surface area contributed by atoms with Gasteiger partial charge >= 0.3 is 5.97 Å². The highest BCUT2D eigenvalue weighted by molar-refractivity contribution is 5.78. The number of nitrogens with one attached hydrogen (secondary N) is 1. The van der Waals surface area contributed by atoms with Crippen LogP contribution < -0.4 is 11.1 Å². The quantitative estimate of drug-likeness (QED) is 0.672. The Morgan fingerprint density at radius 1 is 1.35 bits per heavy atom. The van der Waals surface area contributed by atoms with Crippen molar-refractivity contribution in [3.05, 3.63) is 0 Å². The number of hydrogen-bond donors (Lipinski definition) is 2. The van der Waals surface area contributed by atoms with Crippen LogP contribution in [0.3, 0.4) is 0 Å². The monoisotopic (exact) mass is 242 g/mol. The van der Waals surface area contributed by atoms with Crippen LogP contribution >= 0.6 is 0 Å². The molecule has 1 fully saturated rings. The van der Waals surface area contributed by atoms with Crippen LogP contribution in [0.25, 0.3) is 0 Å². The molecule has 0 bridgehead atoms. The number of rotatable bonds is 6. The molecule has 17 heavy (non-hydrogen) atoms. The molecule has 0 atom stereocenters. The normalized spacial score (nSPS) is 17.8. The minimum absolute atomic E-state index is 0.0706. The minimum atomic E-state index is -0.325. The molecule has 0 heterocycles. The molecule has 0 unspecified atom stereocenters. The molecule has 0 aromatic carbocycles. The third-order valence-corrected chi connectivity index (χ3v) is 3.07. The van der Waals surface area contributed by atoms with E-state index in [1.165, 1.54) is 0 Å². The SMILES string of the molecule is CCOC(=O)CCNC(=O)CC1(N)CCCC1. The van der Waals surface area contributed by atoms with Crippen molar-refractivity contribution in [2.45, 2.75) is 51.0 Å². The first-order valence-corrected chi connectivity index (χ1v) is 6.27. The van der Waals surface area contributed by atoms with Crippen molar-refractivity contribution in [2.75, 3.05) is 13.2 Å². The van der Waals surface area contributed by atoms with E-state index in [9.17, 15) is 9.59 Å². The lowest BCUT2D eigenvalue weighted by molar-refractivity contribution is -0.143. The van der Waals surface area contributed by atoms with E-state index in [1.807, 2.05) is 0 Å². The van der Waals surface area contributed by atoms with Crippen molar-refractivity contribution < 1.29 is 14.3 Å². The summed E-state index contributed by atoms with van der Waals surface area (Å²) < 4.78 is 4.76. The number of nitrogens with two attached hydrogens (primary N) is 1. The van der Waals surface area contributed by atoms with Gasteiger partial charge in [-0.1, -0.05) is 12.8 Å². The lowest BCUT2D eigenvalue weighted by atomic mass is 9.94. The van der Waals surface area contributed by atoms with Crippen LogP contribution in [-0.4, -0.2) is 30.6 Å². The van der Waals surface area contributed by atoms with Crippen LogP contribution in [0.1, 0.15) is 45.4 Å². The van der Waals surface area contributed by atoms with Crippen LogP contribution in [-0.2, 0) is 14.3 Å². The summed E-state index contributed by atoms with van der Waals surface area (Å²) in [4.78, 5) is 22.6. The molecule has 0 radical (unpaired) electrons. The Kier molecular flexibility index (Phi) is 5.41. The molecule has 1 saturated carbocycles. The fraction of sp³-hybridized carbons (Fsp3) is 0.833. The number of carbonyl (C=O) groups excluding carboxylic acids is 2. The van der Waals surface area contributed by atoms with E-state index in [1.54, 1.807) is 6.92 Å². The summed E-state index contributed by atoms with van der Waals surface area (Å²) in [5.41, 5.74) is 5.76. The third-order valence-electron chi connectivity index (χ3n) is 3.07. The zero-order chi connectivity index (χ0) is 12.7. The summed E-state index contributed by atoms with van der Waals surface area (Å²) in [6, 6.07) is 0. The average Bonchev–Trinajstić information content (AvgIpc) is 2.65. The zero-order valence-electron chi connectivity index (χ0n) is 10.5. The molecule has 1 aliphatic carbocycles. The van der Waals surface area contributed by atoms with Gasteiger partial charge in [-0.05, 0) is 19.8 Å². The summed E-state index contributed by atoms with van der Waals surface area (Å²) in [6.07, 6.45) is 4.61. The molecule has 0 aliphatic heterocycles. The van der Waals surface area contributed by atoms with Gasteiger partial charge in [0.05, 0.1) is 13.0 Å². The standard InChI is InChI=1S/C12H22N2O3/c1-2-17-11(16)5-8-14-10(15)9-12(13)6-3-4-7-12/h2-9,13H2,1H3,(H,14,15). The number of ether oxygens (including phenoxy) is 1. The van der Waals surface area contributed by atoms with Crippen molar-refractivity contribution >= 4 is 11.9 Å². The first kappa shape index (κ1) is 14.0. The van der Waals surface area contributed by atoms with Gasteiger partial charge in [0.15, 0.2) is 0 Å². The second-order valence-electron chi connectivity index (χ2n) is 4.65. The topological polar surface area (TPSA) is 81.4 Å². The fourth-order valence-electron chi connectivity index (χ4n) is 2.18. The summed E-state index contributed by atoms with van der Waals surface area (Å²) in [6.45, 7) is 2.46. The molecule has 5 nitrogen and oxygen atoms in total. The van der Waals surface area contributed by atoms with E-state index in [2.05, 4.69) is 5.32 Å². The van der Waals surface area contributed by atoms with E-state index in [-0.39, 0.29) is 23.8 Å². The maximum absolute atomic E-state index is 11.6. The molecular weight excluding hydrogens is 220 g/mol. The summed E-state index contributed by atoms with van der Waals surface area (Å²) in [5.74, 6) is -0.352. The Bertz CT molecular complexity index is 273. The molecular formula is C12H22N2O3. The first-order chi connectivity index (χ1) is 8.06. The van der Waals surface area contributed by atoms with Crippen LogP contribution in [0.4, 0.5) is 0 Å². The van der Waals surface area contributed by atoms with Crippen molar-refractivity contribution in [1.29, 1.82) is 0 Å². The van der Waals surface area contributed by atoms with E-state index < -0.39 is 0 Å². The Morgan fingerprint density at radius 2 is 2.00 bits per heavy atom. The van der Waals surface area contributed by atoms with Crippen LogP contribution in [0, 0.1) is 0 Å². The van der Waals surface area contributed by atoms with E-state index in [0.29, 0.717) is 19.6 Å². The maximum Gasteiger partial charge on any atom is 0.307 e. The molecule has 0 saturated heterocycles. The molecule has 1 aliphatic rings. The highest BCUT2D eigenvalue weighted by Crippen LogP contribution is 2.29. The Balaban J connectivity index is 2.15. The van der Waals surface area contributed by atoms with Gasteiger partial charge in [0.1, 0.15) is 0 Å². The molecule has 0 aromatic heterocycles. The van der Waals surface area contributed by atoms with Gasteiger partial charge in [-0.3, -0.25) is 9.59 Å². The fourth-order valence-corrected chi connectivity index (χ4v) is 2.18. The van der Waals surface area contributed by atoms with Crippen molar-refractivity contribution in [2.24, 2.45) is 5.73 Å². The zero-order valence-corrected chi connectivity index (χ0v) is 10.5. The molecule has 0 aromatic rings. The van der Waals surface area contributed by atoms with Crippen LogP contribution in [0.2, 0.25) is 0 Å². The predicted molar refractivity (Wildman–Crippen MR) is 64.3 cm³/mol. The first-order valence-electron chi connectivity index (χ1n) is 6.27. The average molecular weight is 242 g/mol. The molecule has 3 N–H and O–H groups in total. The number of amides is 1. The lowest BCUT2D eigenvalue weighted by Crippen LogP contribution is -2.42. The highest BCUT2D eigenvalue weighted by atomic mass is 16.5. The summed E-state index contributed by atoms with van der Waals surface area (Å²) >= 11 is 0. The van der Waals surface area contributed by atoms with Gasteiger partial charge < -0.3 is 15.8 Å². The van der Waals surface area contributed by atoms with E-state index in [4.69, 9.17) is 10.5 Å². The molecule has 98 valence electrons. The van der Waals surface area contributed by atoms with Gasteiger partial charge in [-0.2, -0.15) is 0 Å². The minimum Gasteiger partial charge on any atom is -0.466 e. The third kappa shape index (κ3) is 5.17. The summed E-state index contributed by atoms with van der Waals surface area (Å²) in [5, 5.41) is 2.70. The predicted octanol–water partition coefficient (Wildman–Crippen LogP) is 0.717. The Labute approximate surface area is 102 Å². The molecule has 0 spiro atoms. The molecule has 5 heteroatoms. The maximum atomic E-state index is 11.6. The van der Waals surface area contributed by atoms with Crippen molar-refractivity contribution in [3.8, 4) is 0 Å². The molecule has 1 rings (SSSR count). The van der Waals surface area contributed by atoms with Gasteiger partial charge in [0.25, 0.3) is 0 Å². The Morgan fingerprint density at radius 3 is 2.59 bits per heavy atom. The van der Waals surface area contributed by atoms with E-state index >= 15 is 0 Å². The Hall–Kier alpha value is -1.10. The second-order valence-corrected chi connectivity index (χ2v) is 4.65. The van der Waals surface area contributed by atoms with E-state index in [0.717, 1.165) is 25.7 Å². The highest BCUT2D eigenvalue weighted by Gasteiger charge is 2.31. The number of esters is 1. The van der Waals surface area contributed by atoms with Crippen molar-refractivity contribution in [1.82, 2.24) is 5.32 Å². The van der Waals surface area contributed by atoms with Crippen molar-refractivity contribution in [3.63, 3.8) is 0 Å². The van der Waals surface area contributed by atoms with Crippen LogP contribution in [0.5, 0.6) is 0 Å². The second kappa shape index (κ2) is 6.59. The van der Waals surface area contributed by atoms with Gasteiger partial charge in [-0.15, -0.1) is 0 Å². The smallest absolute Gasteiger partial charge is 0.307 e.